The molecule has 10 heteroatoms. The van der Waals surface area contributed by atoms with Crippen LogP contribution in [0.4, 0.5) is 16.0 Å². The fraction of sp³-hybridized carbons (Fsp3) is 0.154. The van der Waals surface area contributed by atoms with E-state index in [0.717, 1.165) is 5.56 Å². The molecule has 3 heterocycles. The fourth-order valence-electron chi connectivity index (χ4n) is 4.07. The summed E-state index contributed by atoms with van der Waals surface area (Å²) >= 11 is 1.31. The quantitative estimate of drug-likeness (QED) is 0.347. The molecule has 2 aromatic carbocycles. The third-order valence-corrected chi connectivity index (χ3v) is 6.69. The molecule has 182 valence electrons. The Balaban J connectivity index is 1.50. The molecular formula is C26H23FN6O2S. The molecule has 0 radical (unpaired) electrons. The number of hydrogen-bond acceptors (Lipinski definition) is 7. The van der Waals surface area contributed by atoms with Gasteiger partial charge >= 0.3 is 0 Å². The number of pyridine rings is 1. The maximum Gasteiger partial charge on any atom is 0.236 e. The normalized spacial score (nSPS) is 16.7. The van der Waals surface area contributed by atoms with Gasteiger partial charge in [0, 0.05) is 17.6 Å². The number of nitrogens with one attached hydrogen (secondary N) is 2. The third-order valence-electron chi connectivity index (χ3n) is 5.80. The van der Waals surface area contributed by atoms with Gasteiger partial charge in [-0.1, -0.05) is 48.7 Å². The highest BCUT2D eigenvalue weighted by atomic mass is 32.2. The van der Waals surface area contributed by atoms with Crippen LogP contribution in [0.3, 0.4) is 0 Å². The van der Waals surface area contributed by atoms with Crippen molar-refractivity contribution in [2.24, 2.45) is 5.92 Å². The molecule has 2 N–H and O–H groups in total. The highest BCUT2D eigenvalue weighted by molar-refractivity contribution is 7.98. The predicted molar refractivity (Wildman–Crippen MR) is 136 cm³/mol. The van der Waals surface area contributed by atoms with Crippen molar-refractivity contribution in [3.8, 4) is 5.75 Å². The smallest absolute Gasteiger partial charge is 0.236 e. The van der Waals surface area contributed by atoms with E-state index < -0.39 is 12.0 Å². The lowest BCUT2D eigenvalue weighted by atomic mass is 9.88. The van der Waals surface area contributed by atoms with Crippen LogP contribution in [0, 0.1) is 11.7 Å². The van der Waals surface area contributed by atoms with E-state index in [1.165, 1.54) is 17.8 Å². The van der Waals surface area contributed by atoms with Gasteiger partial charge in [0.15, 0.2) is 0 Å². The maximum absolute atomic E-state index is 14.1. The van der Waals surface area contributed by atoms with Gasteiger partial charge in [-0.2, -0.15) is 4.98 Å². The highest BCUT2D eigenvalue weighted by Crippen LogP contribution is 2.40. The number of hydrogen-bond donors (Lipinski definition) is 2. The highest BCUT2D eigenvalue weighted by Gasteiger charge is 2.40. The van der Waals surface area contributed by atoms with Gasteiger partial charge in [0.25, 0.3) is 0 Å². The van der Waals surface area contributed by atoms with E-state index in [4.69, 9.17) is 9.84 Å². The van der Waals surface area contributed by atoms with Crippen LogP contribution in [-0.4, -0.2) is 32.8 Å². The van der Waals surface area contributed by atoms with Gasteiger partial charge < -0.3 is 15.4 Å². The van der Waals surface area contributed by atoms with Crippen molar-refractivity contribution in [2.75, 3.05) is 17.7 Å². The summed E-state index contributed by atoms with van der Waals surface area (Å²) < 4.78 is 21.2. The van der Waals surface area contributed by atoms with Gasteiger partial charge in [-0.05, 0) is 41.5 Å². The SMILES string of the molecule is C=C1Nc2nc(SCc3ccccc3F)nn2C(c2cccc(OC)c2)C1C(=O)Nc1cccnc1. The molecule has 2 atom stereocenters. The second-order valence-electron chi connectivity index (χ2n) is 8.12. The number of nitrogens with zero attached hydrogens (tertiary/aromatic N) is 4. The molecule has 0 saturated heterocycles. The average molecular weight is 503 g/mol. The molecule has 0 saturated carbocycles. The van der Waals surface area contributed by atoms with Crippen molar-refractivity contribution in [3.63, 3.8) is 0 Å². The molecule has 0 spiro atoms. The van der Waals surface area contributed by atoms with Gasteiger partial charge in [0.05, 0.1) is 25.0 Å². The number of carbonyl (C=O) groups excluding carboxylic acids is 1. The number of thioether (sulfide) groups is 1. The molecular weight excluding hydrogens is 479 g/mol. The number of rotatable bonds is 7. The van der Waals surface area contributed by atoms with Gasteiger partial charge in [-0.15, -0.1) is 5.10 Å². The van der Waals surface area contributed by atoms with Crippen molar-refractivity contribution in [1.29, 1.82) is 0 Å². The van der Waals surface area contributed by atoms with Gasteiger partial charge in [0.2, 0.25) is 17.0 Å². The molecule has 1 aliphatic heterocycles. The number of methoxy groups -OCH3 is 1. The number of halogens is 1. The largest absolute Gasteiger partial charge is 0.497 e. The zero-order chi connectivity index (χ0) is 25.1. The first-order chi connectivity index (χ1) is 17.5. The van der Waals surface area contributed by atoms with E-state index in [9.17, 15) is 9.18 Å². The lowest BCUT2D eigenvalue weighted by Crippen LogP contribution is -2.39. The lowest BCUT2D eigenvalue weighted by Gasteiger charge is -2.33. The molecule has 36 heavy (non-hydrogen) atoms. The van der Waals surface area contributed by atoms with Gasteiger partial charge in [0.1, 0.15) is 17.5 Å². The molecule has 0 aliphatic carbocycles. The number of anilines is 2. The van der Waals surface area contributed by atoms with E-state index >= 15 is 0 Å². The summed E-state index contributed by atoms with van der Waals surface area (Å²) in [4.78, 5) is 22.2. The molecule has 4 aromatic rings. The molecule has 5 rings (SSSR count). The Morgan fingerprint density at radius 3 is 2.86 bits per heavy atom. The van der Waals surface area contributed by atoms with Gasteiger partial charge in [-0.3, -0.25) is 9.78 Å². The number of amides is 1. The van der Waals surface area contributed by atoms with E-state index in [2.05, 4.69) is 27.2 Å². The molecule has 2 unspecified atom stereocenters. The molecule has 1 aliphatic rings. The third kappa shape index (κ3) is 4.80. The number of benzene rings is 2. The minimum absolute atomic E-state index is 0.268. The summed E-state index contributed by atoms with van der Waals surface area (Å²) in [5, 5.41) is 11.2. The lowest BCUT2D eigenvalue weighted by molar-refractivity contribution is -0.119. The fourth-order valence-corrected chi connectivity index (χ4v) is 4.89. The number of fused-ring (bicyclic) bond motifs is 1. The summed E-state index contributed by atoms with van der Waals surface area (Å²) in [6, 6.07) is 17.0. The molecule has 8 nitrogen and oxygen atoms in total. The number of ether oxygens (including phenoxy) is 1. The maximum atomic E-state index is 14.1. The van der Waals surface area contributed by atoms with E-state index in [1.807, 2.05) is 24.3 Å². The Morgan fingerprint density at radius 1 is 1.22 bits per heavy atom. The minimum atomic E-state index is -0.712. The van der Waals surface area contributed by atoms with Crippen LogP contribution in [0.2, 0.25) is 0 Å². The van der Waals surface area contributed by atoms with Crippen LogP contribution in [0.5, 0.6) is 5.75 Å². The van der Waals surface area contributed by atoms with E-state index in [-0.39, 0.29) is 11.7 Å². The molecule has 1 amide bonds. The number of carbonyl (C=O) groups is 1. The zero-order valence-electron chi connectivity index (χ0n) is 19.4. The molecule has 0 fully saturated rings. The summed E-state index contributed by atoms with van der Waals surface area (Å²) in [5.74, 6) is 0.215. The van der Waals surface area contributed by atoms with Crippen LogP contribution in [0.25, 0.3) is 0 Å². The monoisotopic (exact) mass is 502 g/mol. The van der Waals surface area contributed by atoms with E-state index in [0.29, 0.717) is 39.6 Å². The standard InChI is InChI=1S/C26H23FN6O2S/c1-16-22(24(34)30-19-9-6-12-28-14-19)23(17-8-5-10-20(13-17)35-2)33-25(29-16)31-26(32-33)36-15-18-7-3-4-11-21(18)27/h3-14,22-23H,1,15H2,2H3,(H,30,34)(H,29,31,32). The zero-order valence-corrected chi connectivity index (χ0v) is 20.2. The summed E-state index contributed by atoms with van der Waals surface area (Å²) in [6.45, 7) is 4.13. The number of aromatic nitrogens is 4. The van der Waals surface area contributed by atoms with Crippen molar-refractivity contribution >= 4 is 29.3 Å². The first kappa shape index (κ1) is 23.6. The Morgan fingerprint density at radius 2 is 2.08 bits per heavy atom. The van der Waals surface area contributed by atoms with Crippen molar-refractivity contribution in [2.45, 2.75) is 17.0 Å². The summed E-state index contributed by atoms with van der Waals surface area (Å²) in [6.07, 6.45) is 3.22. The van der Waals surface area contributed by atoms with E-state index in [1.54, 1.807) is 54.5 Å². The Labute approximate surface area is 211 Å². The first-order valence-electron chi connectivity index (χ1n) is 11.2. The molecule has 0 bridgehead atoms. The minimum Gasteiger partial charge on any atom is -0.497 e. The second-order valence-corrected chi connectivity index (χ2v) is 9.07. The van der Waals surface area contributed by atoms with Crippen LogP contribution >= 0.6 is 11.8 Å². The first-order valence-corrected chi connectivity index (χ1v) is 12.2. The summed E-state index contributed by atoms with van der Waals surface area (Å²) in [5.41, 5.74) is 2.42. The Kier molecular flexibility index (Phi) is 6.68. The van der Waals surface area contributed by atoms with Crippen molar-refractivity contribution in [1.82, 2.24) is 19.7 Å². The van der Waals surface area contributed by atoms with Crippen molar-refractivity contribution in [3.05, 3.63) is 102 Å². The van der Waals surface area contributed by atoms with Crippen LogP contribution in [0.1, 0.15) is 17.2 Å². The van der Waals surface area contributed by atoms with Crippen molar-refractivity contribution < 1.29 is 13.9 Å². The van der Waals surface area contributed by atoms with Gasteiger partial charge in [-0.25, -0.2) is 9.07 Å². The predicted octanol–water partition coefficient (Wildman–Crippen LogP) is 4.90. The second kappa shape index (κ2) is 10.2. The average Bonchev–Trinajstić information content (AvgIpc) is 3.30. The van der Waals surface area contributed by atoms with Crippen LogP contribution < -0.4 is 15.4 Å². The van der Waals surface area contributed by atoms with Crippen LogP contribution in [-0.2, 0) is 10.5 Å². The summed E-state index contributed by atoms with van der Waals surface area (Å²) in [7, 11) is 1.59. The molecule has 2 aromatic heterocycles. The topological polar surface area (TPSA) is 94.0 Å². The Bertz CT molecular complexity index is 1410. The Hall–Kier alpha value is -4.18. The van der Waals surface area contributed by atoms with Crippen LogP contribution in [0.15, 0.2) is 90.5 Å².